The minimum Gasteiger partial charge on any atom is -0.393 e. The molecule has 1 aromatic rings. The Morgan fingerprint density at radius 2 is 2.26 bits per heavy atom. The number of thiophene rings is 1. The van der Waals surface area contributed by atoms with E-state index in [0.717, 1.165) is 25.9 Å². The predicted octanol–water partition coefficient (Wildman–Crippen LogP) is 2.54. The third-order valence-corrected chi connectivity index (χ3v) is 5.29. The molecule has 0 aromatic carbocycles. The van der Waals surface area contributed by atoms with E-state index >= 15 is 0 Å². The highest BCUT2D eigenvalue weighted by Gasteiger charge is 2.32. The average molecular weight is 282 g/mol. The molecule has 1 fully saturated rings. The molecular weight excluding hydrogens is 256 g/mol. The molecule has 1 aromatic heterocycles. The summed E-state index contributed by atoms with van der Waals surface area (Å²) in [6.07, 6.45) is 1.69. The van der Waals surface area contributed by atoms with Crippen molar-refractivity contribution >= 4 is 11.3 Å². The van der Waals surface area contributed by atoms with Crippen LogP contribution in [0.25, 0.3) is 0 Å². The van der Waals surface area contributed by atoms with Crippen LogP contribution >= 0.6 is 11.3 Å². The van der Waals surface area contributed by atoms with Crippen molar-refractivity contribution in [2.24, 2.45) is 11.7 Å². The van der Waals surface area contributed by atoms with E-state index in [1.54, 1.807) is 0 Å². The van der Waals surface area contributed by atoms with Crippen molar-refractivity contribution in [2.45, 2.75) is 51.8 Å². The molecule has 1 aliphatic heterocycles. The predicted molar refractivity (Wildman–Crippen MR) is 81.4 cm³/mol. The molecule has 0 radical (unpaired) electrons. The van der Waals surface area contributed by atoms with Crippen LogP contribution in [-0.2, 0) is 0 Å². The Morgan fingerprint density at radius 3 is 2.79 bits per heavy atom. The van der Waals surface area contributed by atoms with Gasteiger partial charge in [0.1, 0.15) is 0 Å². The quantitative estimate of drug-likeness (QED) is 0.892. The van der Waals surface area contributed by atoms with Gasteiger partial charge in [0, 0.05) is 28.9 Å². The van der Waals surface area contributed by atoms with Crippen molar-refractivity contribution in [3.63, 3.8) is 0 Å². The second-order valence-electron chi connectivity index (χ2n) is 5.79. The number of nitrogens with two attached hydrogens (primary N) is 1. The van der Waals surface area contributed by atoms with Gasteiger partial charge in [-0.3, -0.25) is 4.90 Å². The molecule has 0 bridgehead atoms. The van der Waals surface area contributed by atoms with Gasteiger partial charge in [0.15, 0.2) is 0 Å². The second kappa shape index (κ2) is 6.35. The Kier molecular flexibility index (Phi) is 5.01. The molecule has 0 aliphatic carbocycles. The molecular formula is C15H26N2OS. The van der Waals surface area contributed by atoms with Crippen LogP contribution in [0.15, 0.2) is 12.1 Å². The lowest BCUT2D eigenvalue weighted by Gasteiger charge is -2.41. The number of nitrogens with zero attached hydrogens (tertiary/aromatic N) is 1. The smallest absolute Gasteiger partial charge is 0.0593 e. The second-order valence-corrected chi connectivity index (χ2v) is 7.11. The highest BCUT2D eigenvalue weighted by Crippen LogP contribution is 2.33. The molecule has 1 aliphatic rings. The molecule has 2 heterocycles. The molecule has 0 amide bonds. The molecule has 0 spiro atoms. The van der Waals surface area contributed by atoms with Crippen LogP contribution in [0.3, 0.4) is 0 Å². The lowest BCUT2D eigenvalue weighted by atomic mass is 9.93. The molecule has 1 saturated heterocycles. The summed E-state index contributed by atoms with van der Waals surface area (Å²) in [5.74, 6) is 0.335. The van der Waals surface area contributed by atoms with Crippen molar-refractivity contribution < 1.29 is 5.11 Å². The largest absolute Gasteiger partial charge is 0.393 e. The van der Waals surface area contributed by atoms with Crippen LogP contribution in [0.2, 0.25) is 0 Å². The number of hydrogen-bond acceptors (Lipinski definition) is 4. The summed E-state index contributed by atoms with van der Waals surface area (Å²) in [6.45, 7) is 8.31. The monoisotopic (exact) mass is 282 g/mol. The third kappa shape index (κ3) is 3.37. The van der Waals surface area contributed by atoms with Gasteiger partial charge in [0.05, 0.1) is 12.1 Å². The lowest BCUT2D eigenvalue weighted by molar-refractivity contribution is 0.0119. The van der Waals surface area contributed by atoms with Crippen LogP contribution in [0.4, 0.5) is 0 Å². The van der Waals surface area contributed by atoms with E-state index < -0.39 is 0 Å². The molecule has 4 atom stereocenters. The van der Waals surface area contributed by atoms with Gasteiger partial charge in [-0.2, -0.15) is 0 Å². The van der Waals surface area contributed by atoms with Gasteiger partial charge in [-0.25, -0.2) is 0 Å². The highest BCUT2D eigenvalue weighted by atomic mass is 32.1. The maximum Gasteiger partial charge on any atom is 0.0593 e. The lowest BCUT2D eigenvalue weighted by Crippen LogP contribution is -2.48. The summed E-state index contributed by atoms with van der Waals surface area (Å²) >= 11 is 1.85. The number of aliphatic hydroxyl groups is 1. The molecule has 3 nitrogen and oxygen atoms in total. The van der Waals surface area contributed by atoms with Crippen molar-refractivity contribution in [1.82, 2.24) is 4.90 Å². The number of hydrogen-bond donors (Lipinski definition) is 2. The summed E-state index contributed by atoms with van der Waals surface area (Å²) in [7, 11) is 0. The maximum absolute atomic E-state index is 9.89. The van der Waals surface area contributed by atoms with Crippen molar-refractivity contribution in [3.8, 4) is 0 Å². The topological polar surface area (TPSA) is 49.5 Å². The first-order valence-electron chi connectivity index (χ1n) is 7.27. The minimum atomic E-state index is -0.153. The number of rotatable bonds is 4. The van der Waals surface area contributed by atoms with Crippen LogP contribution < -0.4 is 5.73 Å². The Hall–Kier alpha value is -0.420. The Balaban J connectivity index is 2.18. The molecule has 2 rings (SSSR count). The minimum absolute atomic E-state index is 0.153. The number of aryl methyl sites for hydroxylation is 1. The molecule has 4 heteroatoms. The Bertz CT molecular complexity index is 407. The molecule has 4 unspecified atom stereocenters. The maximum atomic E-state index is 9.89. The standard InChI is InChI=1S/C15H26N2OS/c1-4-12(16)15(14-6-5-11(3)19-14)17-8-7-13(18)10(2)9-17/h5-6,10,12-13,15,18H,4,7-9,16H2,1-3H3. The van der Waals surface area contributed by atoms with Crippen LogP contribution in [0.5, 0.6) is 0 Å². The molecule has 108 valence electrons. The van der Waals surface area contributed by atoms with E-state index in [4.69, 9.17) is 5.73 Å². The summed E-state index contributed by atoms with van der Waals surface area (Å²) in [4.78, 5) is 5.18. The first-order chi connectivity index (χ1) is 9.02. The number of aliphatic hydroxyl groups excluding tert-OH is 1. The average Bonchev–Trinajstić information content (AvgIpc) is 2.80. The number of likely N-dealkylation sites (tertiary alicyclic amines) is 1. The molecule has 19 heavy (non-hydrogen) atoms. The van der Waals surface area contributed by atoms with Gasteiger partial charge in [-0.15, -0.1) is 11.3 Å². The van der Waals surface area contributed by atoms with Gasteiger partial charge < -0.3 is 10.8 Å². The van der Waals surface area contributed by atoms with Crippen molar-refractivity contribution in [1.29, 1.82) is 0 Å². The zero-order valence-corrected chi connectivity index (χ0v) is 13.0. The third-order valence-electron chi connectivity index (χ3n) is 4.21. The molecule has 3 N–H and O–H groups in total. The summed E-state index contributed by atoms with van der Waals surface area (Å²) < 4.78 is 0. The fourth-order valence-electron chi connectivity index (χ4n) is 2.92. The fourth-order valence-corrected chi connectivity index (χ4v) is 4.00. The van der Waals surface area contributed by atoms with Crippen LogP contribution in [0, 0.1) is 12.8 Å². The zero-order chi connectivity index (χ0) is 14.0. The van der Waals surface area contributed by atoms with Gasteiger partial charge >= 0.3 is 0 Å². The van der Waals surface area contributed by atoms with Crippen LogP contribution in [0.1, 0.15) is 42.5 Å². The van der Waals surface area contributed by atoms with E-state index in [2.05, 4.69) is 37.8 Å². The fraction of sp³-hybridized carbons (Fsp3) is 0.733. The number of piperidine rings is 1. The van der Waals surface area contributed by atoms with E-state index in [1.165, 1.54) is 9.75 Å². The first kappa shape index (κ1) is 15.0. The van der Waals surface area contributed by atoms with Gasteiger partial charge in [0.2, 0.25) is 0 Å². The van der Waals surface area contributed by atoms with E-state index in [1.807, 2.05) is 11.3 Å². The van der Waals surface area contributed by atoms with Crippen LogP contribution in [-0.4, -0.2) is 35.2 Å². The summed E-state index contributed by atoms with van der Waals surface area (Å²) in [5, 5.41) is 9.89. The summed E-state index contributed by atoms with van der Waals surface area (Å²) in [5.41, 5.74) is 6.37. The SMILES string of the molecule is CCC(N)C(c1ccc(C)s1)N1CCC(O)C(C)C1. The van der Waals surface area contributed by atoms with Crippen molar-refractivity contribution in [3.05, 3.63) is 21.9 Å². The normalized spacial score (nSPS) is 28.3. The first-order valence-corrected chi connectivity index (χ1v) is 8.08. The van der Waals surface area contributed by atoms with E-state index in [-0.39, 0.29) is 12.1 Å². The Labute approximate surface area is 120 Å². The van der Waals surface area contributed by atoms with Gasteiger partial charge in [-0.1, -0.05) is 13.8 Å². The van der Waals surface area contributed by atoms with E-state index in [9.17, 15) is 5.11 Å². The summed E-state index contributed by atoms with van der Waals surface area (Å²) in [6, 6.07) is 4.87. The van der Waals surface area contributed by atoms with Gasteiger partial charge in [-0.05, 0) is 37.8 Å². The van der Waals surface area contributed by atoms with E-state index in [0.29, 0.717) is 12.0 Å². The van der Waals surface area contributed by atoms with Crippen molar-refractivity contribution in [2.75, 3.05) is 13.1 Å². The zero-order valence-electron chi connectivity index (χ0n) is 12.2. The van der Waals surface area contributed by atoms with Gasteiger partial charge in [0.25, 0.3) is 0 Å². The Morgan fingerprint density at radius 1 is 1.53 bits per heavy atom. The molecule has 0 saturated carbocycles. The highest BCUT2D eigenvalue weighted by molar-refractivity contribution is 7.12.